The molecule has 0 heterocycles. The lowest BCUT2D eigenvalue weighted by Crippen LogP contribution is -2.25. The molecular weight excluding hydrogens is 226 g/mol. The molecule has 0 saturated heterocycles. The number of nitrogens with one attached hydrogen (secondary N) is 1. The maximum Gasteiger partial charge on any atom is 0.120 e. The Morgan fingerprint density at radius 2 is 2.17 bits per heavy atom. The molecular formula is C15H23NO2. The van der Waals surface area contributed by atoms with Crippen LogP contribution in [0.2, 0.25) is 0 Å². The summed E-state index contributed by atoms with van der Waals surface area (Å²) >= 11 is 0. The van der Waals surface area contributed by atoms with Crippen LogP contribution in [0.25, 0.3) is 0 Å². The molecule has 3 N–H and O–H groups in total. The van der Waals surface area contributed by atoms with Crippen molar-refractivity contribution in [1.29, 1.82) is 0 Å². The van der Waals surface area contributed by atoms with E-state index in [0.717, 1.165) is 36.9 Å². The van der Waals surface area contributed by atoms with Crippen LogP contribution in [0.5, 0.6) is 5.75 Å². The first-order valence-corrected chi connectivity index (χ1v) is 6.77. The lowest BCUT2D eigenvalue weighted by Gasteiger charge is -2.18. The molecule has 3 atom stereocenters. The Morgan fingerprint density at radius 1 is 1.39 bits per heavy atom. The third-order valence-electron chi connectivity index (χ3n) is 3.88. The van der Waals surface area contributed by atoms with Crippen molar-refractivity contribution in [2.75, 3.05) is 6.54 Å². The number of aliphatic hydroxyl groups excluding tert-OH is 1. The second-order valence-corrected chi connectivity index (χ2v) is 5.53. The number of benzene rings is 1. The van der Waals surface area contributed by atoms with Crippen LogP contribution < -0.4 is 5.32 Å². The second kappa shape index (κ2) is 5.72. The molecule has 1 aliphatic rings. The molecule has 0 aliphatic heterocycles. The van der Waals surface area contributed by atoms with E-state index in [1.807, 2.05) is 19.1 Å². The number of hydrogen-bond donors (Lipinski definition) is 3. The predicted molar refractivity (Wildman–Crippen MR) is 72.6 cm³/mol. The fourth-order valence-electron chi connectivity index (χ4n) is 2.71. The SMILES string of the molecule is Cc1ccc(C(C)NCC2CCC(O)C2)c(O)c1. The number of phenols is 1. The van der Waals surface area contributed by atoms with Gasteiger partial charge in [-0.3, -0.25) is 0 Å². The topological polar surface area (TPSA) is 52.5 Å². The van der Waals surface area contributed by atoms with Gasteiger partial charge in [0.2, 0.25) is 0 Å². The highest BCUT2D eigenvalue weighted by Crippen LogP contribution is 2.27. The molecule has 0 aromatic heterocycles. The predicted octanol–water partition coefficient (Wildman–Crippen LogP) is 2.51. The van der Waals surface area contributed by atoms with E-state index in [4.69, 9.17) is 0 Å². The first-order chi connectivity index (χ1) is 8.56. The quantitative estimate of drug-likeness (QED) is 0.768. The molecule has 3 heteroatoms. The van der Waals surface area contributed by atoms with Crippen LogP contribution in [0.4, 0.5) is 0 Å². The van der Waals surface area contributed by atoms with Gasteiger partial charge in [-0.1, -0.05) is 12.1 Å². The maximum atomic E-state index is 9.92. The van der Waals surface area contributed by atoms with E-state index < -0.39 is 0 Å². The zero-order valence-corrected chi connectivity index (χ0v) is 11.2. The van der Waals surface area contributed by atoms with Gasteiger partial charge in [-0.25, -0.2) is 0 Å². The third kappa shape index (κ3) is 3.24. The smallest absolute Gasteiger partial charge is 0.120 e. The summed E-state index contributed by atoms with van der Waals surface area (Å²) in [5.74, 6) is 0.927. The normalized spacial score (nSPS) is 25.3. The fraction of sp³-hybridized carbons (Fsp3) is 0.600. The highest BCUT2D eigenvalue weighted by Gasteiger charge is 2.23. The summed E-state index contributed by atoms with van der Waals surface area (Å²) in [5.41, 5.74) is 2.02. The lowest BCUT2D eigenvalue weighted by molar-refractivity contribution is 0.177. The van der Waals surface area contributed by atoms with Crippen LogP contribution in [0.3, 0.4) is 0 Å². The van der Waals surface area contributed by atoms with Gasteiger partial charge >= 0.3 is 0 Å². The molecule has 3 unspecified atom stereocenters. The van der Waals surface area contributed by atoms with Crippen LogP contribution in [0, 0.1) is 12.8 Å². The highest BCUT2D eigenvalue weighted by atomic mass is 16.3. The number of aryl methyl sites for hydroxylation is 1. The third-order valence-corrected chi connectivity index (χ3v) is 3.88. The van der Waals surface area contributed by atoms with Crippen LogP contribution in [-0.4, -0.2) is 22.9 Å². The number of aromatic hydroxyl groups is 1. The van der Waals surface area contributed by atoms with Crippen molar-refractivity contribution in [2.24, 2.45) is 5.92 Å². The Bertz CT molecular complexity index is 405. The second-order valence-electron chi connectivity index (χ2n) is 5.53. The minimum atomic E-state index is -0.111. The summed E-state index contributed by atoms with van der Waals surface area (Å²) in [5, 5.41) is 22.9. The van der Waals surface area contributed by atoms with E-state index in [0.29, 0.717) is 11.7 Å². The fourth-order valence-corrected chi connectivity index (χ4v) is 2.71. The zero-order valence-electron chi connectivity index (χ0n) is 11.2. The Labute approximate surface area is 109 Å². The summed E-state index contributed by atoms with van der Waals surface area (Å²) < 4.78 is 0. The van der Waals surface area contributed by atoms with Gasteiger partial charge < -0.3 is 15.5 Å². The van der Waals surface area contributed by atoms with Crippen molar-refractivity contribution in [3.63, 3.8) is 0 Å². The van der Waals surface area contributed by atoms with Crippen molar-refractivity contribution < 1.29 is 10.2 Å². The van der Waals surface area contributed by atoms with Crippen molar-refractivity contribution in [3.05, 3.63) is 29.3 Å². The Kier molecular flexibility index (Phi) is 4.25. The van der Waals surface area contributed by atoms with Crippen LogP contribution in [0.15, 0.2) is 18.2 Å². The van der Waals surface area contributed by atoms with Crippen LogP contribution in [-0.2, 0) is 0 Å². The van der Waals surface area contributed by atoms with E-state index in [2.05, 4.69) is 12.2 Å². The minimum Gasteiger partial charge on any atom is -0.508 e. The monoisotopic (exact) mass is 249 g/mol. The highest BCUT2D eigenvalue weighted by molar-refractivity contribution is 5.37. The standard InChI is InChI=1S/C15H23NO2/c1-10-3-6-14(15(18)7-10)11(2)16-9-12-4-5-13(17)8-12/h3,6-7,11-13,16-18H,4-5,8-9H2,1-2H3. The molecule has 1 aliphatic carbocycles. The van der Waals surface area contributed by atoms with Crippen molar-refractivity contribution in [1.82, 2.24) is 5.32 Å². The van der Waals surface area contributed by atoms with E-state index in [9.17, 15) is 10.2 Å². The maximum absolute atomic E-state index is 9.92. The average molecular weight is 249 g/mol. The van der Waals surface area contributed by atoms with E-state index >= 15 is 0 Å². The van der Waals surface area contributed by atoms with E-state index in [-0.39, 0.29) is 12.1 Å². The largest absolute Gasteiger partial charge is 0.508 e. The van der Waals surface area contributed by atoms with Crippen molar-refractivity contribution in [3.8, 4) is 5.75 Å². The molecule has 1 fully saturated rings. The molecule has 1 saturated carbocycles. The summed E-state index contributed by atoms with van der Waals surface area (Å²) in [4.78, 5) is 0. The van der Waals surface area contributed by atoms with Gasteiger partial charge in [0.15, 0.2) is 0 Å². The molecule has 0 amide bonds. The van der Waals surface area contributed by atoms with E-state index in [1.165, 1.54) is 0 Å². The Balaban J connectivity index is 1.89. The first kappa shape index (κ1) is 13.4. The van der Waals surface area contributed by atoms with Gasteiger partial charge in [-0.15, -0.1) is 0 Å². The number of rotatable bonds is 4. The molecule has 2 rings (SSSR count). The lowest BCUT2D eigenvalue weighted by atomic mass is 10.0. The van der Waals surface area contributed by atoms with Crippen LogP contribution in [0.1, 0.15) is 43.4 Å². The summed E-state index contributed by atoms with van der Waals surface area (Å²) in [6.45, 7) is 4.95. The molecule has 0 radical (unpaired) electrons. The molecule has 0 bridgehead atoms. The van der Waals surface area contributed by atoms with Crippen molar-refractivity contribution in [2.45, 2.75) is 45.3 Å². The zero-order chi connectivity index (χ0) is 13.1. The molecule has 3 nitrogen and oxygen atoms in total. The van der Waals surface area contributed by atoms with Gasteiger partial charge in [0.05, 0.1) is 6.10 Å². The minimum absolute atomic E-state index is 0.111. The van der Waals surface area contributed by atoms with E-state index in [1.54, 1.807) is 6.07 Å². The Morgan fingerprint density at radius 3 is 2.78 bits per heavy atom. The molecule has 1 aromatic carbocycles. The van der Waals surface area contributed by atoms with Gasteiger partial charge in [0.25, 0.3) is 0 Å². The molecule has 1 aromatic rings. The van der Waals surface area contributed by atoms with Gasteiger partial charge in [-0.05, 0) is 57.2 Å². The summed E-state index contributed by atoms with van der Waals surface area (Å²) in [6.07, 6.45) is 2.82. The summed E-state index contributed by atoms with van der Waals surface area (Å²) in [7, 11) is 0. The Hall–Kier alpha value is -1.06. The molecule has 100 valence electrons. The summed E-state index contributed by atoms with van der Waals surface area (Å²) in [6, 6.07) is 5.94. The van der Waals surface area contributed by atoms with Crippen LogP contribution >= 0.6 is 0 Å². The number of aliphatic hydroxyl groups is 1. The number of phenolic OH excluding ortho intramolecular Hbond substituents is 1. The molecule has 18 heavy (non-hydrogen) atoms. The molecule has 0 spiro atoms. The average Bonchev–Trinajstić information content (AvgIpc) is 2.72. The van der Waals surface area contributed by atoms with Crippen molar-refractivity contribution >= 4 is 0 Å². The van der Waals surface area contributed by atoms with Gasteiger partial charge in [0, 0.05) is 11.6 Å². The van der Waals surface area contributed by atoms with Gasteiger partial charge in [0.1, 0.15) is 5.75 Å². The van der Waals surface area contributed by atoms with Gasteiger partial charge in [-0.2, -0.15) is 0 Å². The number of hydrogen-bond acceptors (Lipinski definition) is 3. The first-order valence-electron chi connectivity index (χ1n) is 6.77.